The number of nitrogens with zero attached hydrogens (tertiary/aromatic N) is 2. The number of ether oxygens (including phenoxy) is 1. The number of carbonyl (C=O) groups excluding carboxylic acids is 2. The second-order valence-electron chi connectivity index (χ2n) is 8.09. The molecule has 15 heteroatoms. The third-order valence-corrected chi connectivity index (χ3v) is 6.54. The van der Waals surface area contributed by atoms with Gasteiger partial charge in [-0.2, -0.15) is 22.0 Å². The van der Waals surface area contributed by atoms with E-state index in [1.807, 2.05) is 5.32 Å². The number of thiazole rings is 1. The van der Waals surface area contributed by atoms with Gasteiger partial charge in [-0.05, 0) is 44.1 Å². The maximum atomic E-state index is 14.9. The van der Waals surface area contributed by atoms with E-state index in [4.69, 9.17) is 4.74 Å². The van der Waals surface area contributed by atoms with E-state index < -0.39 is 64.9 Å². The first-order valence-electron chi connectivity index (χ1n) is 10.8. The minimum absolute atomic E-state index is 0.0244. The van der Waals surface area contributed by atoms with E-state index in [2.05, 4.69) is 15.3 Å². The first-order valence-corrected chi connectivity index (χ1v) is 11.6. The van der Waals surface area contributed by atoms with Gasteiger partial charge in [0.2, 0.25) is 5.91 Å². The number of amides is 2. The number of pyridine rings is 1. The predicted octanol–water partition coefficient (Wildman–Crippen LogP) is 4.46. The summed E-state index contributed by atoms with van der Waals surface area (Å²) in [4.78, 5) is 32.2. The van der Waals surface area contributed by atoms with Crippen LogP contribution in [0.1, 0.15) is 33.8 Å². The summed E-state index contributed by atoms with van der Waals surface area (Å²) in [5.41, 5.74) is -2.70. The lowest BCUT2D eigenvalue weighted by atomic mass is 9.97. The smallest absolute Gasteiger partial charge is 0.458 e. The van der Waals surface area contributed by atoms with Gasteiger partial charge < -0.3 is 10.1 Å². The van der Waals surface area contributed by atoms with Crippen LogP contribution in [0.3, 0.4) is 0 Å². The molecule has 198 valence electrons. The van der Waals surface area contributed by atoms with Crippen LogP contribution in [0, 0.1) is 17.6 Å². The number of halogens is 7. The Labute approximate surface area is 208 Å². The molecule has 3 heterocycles. The monoisotopic (exact) mass is 550 g/mol. The fourth-order valence-electron chi connectivity index (χ4n) is 3.62. The van der Waals surface area contributed by atoms with Crippen molar-refractivity contribution >= 4 is 33.5 Å². The molecule has 2 amide bonds. The molecule has 37 heavy (non-hydrogen) atoms. The number of benzene rings is 1. The number of alkyl halides is 5. The zero-order valence-corrected chi connectivity index (χ0v) is 19.4. The van der Waals surface area contributed by atoms with E-state index in [1.54, 1.807) is 0 Å². The zero-order chi connectivity index (χ0) is 27.0. The van der Waals surface area contributed by atoms with Crippen molar-refractivity contribution in [3.8, 4) is 5.75 Å². The van der Waals surface area contributed by atoms with Crippen LogP contribution in [-0.4, -0.2) is 41.0 Å². The van der Waals surface area contributed by atoms with Gasteiger partial charge in [0.1, 0.15) is 33.3 Å². The lowest BCUT2D eigenvalue weighted by Gasteiger charge is -2.21. The number of piperidine rings is 1. The minimum Gasteiger partial charge on any atom is -0.483 e. The summed E-state index contributed by atoms with van der Waals surface area (Å²) in [7, 11) is 0. The molecule has 1 aromatic carbocycles. The van der Waals surface area contributed by atoms with E-state index in [-0.39, 0.29) is 15.4 Å². The van der Waals surface area contributed by atoms with Crippen molar-refractivity contribution in [2.45, 2.75) is 31.5 Å². The molecule has 1 fully saturated rings. The van der Waals surface area contributed by atoms with Crippen molar-refractivity contribution in [2.75, 3.05) is 13.1 Å². The third-order valence-electron chi connectivity index (χ3n) is 5.59. The molecule has 2 aromatic heterocycles. The van der Waals surface area contributed by atoms with Crippen LogP contribution in [0.25, 0.3) is 10.3 Å². The molecule has 1 aliphatic rings. The van der Waals surface area contributed by atoms with Crippen LogP contribution in [0.5, 0.6) is 5.75 Å². The van der Waals surface area contributed by atoms with Crippen molar-refractivity contribution < 1.29 is 45.1 Å². The number of rotatable bonds is 6. The number of imide groups is 1. The molecule has 0 bridgehead atoms. The molecule has 7 nitrogen and oxygen atoms in total. The first kappa shape index (κ1) is 26.7. The molecular weight excluding hydrogens is 533 g/mol. The van der Waals surface area contributed by atoms with Gasteiger partial charge in [-0.1, -0.05) is 11.3 Å². The molecule has 4 rings (SSSR count). The largest absolute Gasteiger partial charge is 0.483 e. The average molecular weight is 550 g/mol. The van der Waals surface area contributed by atoms with Gasteiger partial charge >= 0.3 is 12.1 Å². The van der Waals surface area contributed by atoms with Crippen LogP contribution in [0.4, 0.5) is 30.7 Å². The number of carbonyl (C=O) groups is 2. The number of nitrogens with one attached hydrogen (secondary N) is 2. The van der Waals surface area contributed by atoms with Crippen LogP contribution >= 0.6 is 11.3 Å². The summed E-state index contributed by atoms with van der Waals surface area (Å²) in [6.07, 6.45) is -4.53. The molecule has 3 aromatic rings. The SMILES string of the molecule is O=C(NC(=O)C1CCNCC1)c1c(F)ccc(OCc2nc3cc(C(F)(F)C(F)(F)F)cnc3s2)c1F. The first-order chi connectivity index (χ1) is 17.4. The molecule has 1 saturated heterocycles. The lowest BCUT2D eigenvalue weighted by molar-refractivity contribution is -0.289. The molecule has 0 atom stereocenters. The Morgan fingerprint density at radius 3 is 2.51 bits per heavy atom. The highest BCUT2D eigenvalue weighted by Gasteiger charge is 2.59. The molecular formula is C22H17F7N4O3S. The summed E-state index contributed by atoms with van der Waals surface area (Å²) in [5.74, 6) is -10.8. The molecule has 0 saturated carbocycles. The predicted molar refractivity (Wildman–Crippen MR) is 116 cm³/mol. The normalized spacial score (nSPS) is 15.1. The minimum atomic E-state index is -5.83. The lowest BCUT2D eigenvalue weighted by Crippen LogP contribution is -2.41. The molecule has 0 spiro atoms. The van der Waals surface area contributed by atoms with E-state index in [0.29, 0.717) is 38.2 Å². The molecule has 2 N–H and O–H groups in total. The topological polar surface area (TPSA) is 93.2 Å². The molecule has 0 unspecified atom stereocenters. The summed E-state index contributed by atoms with van der Waals surface area (Å²) in [6.45, 7) is 0.626. The Kier molecular flexibility index (Phi) is 7.37. The Hall–Kier alpha value is -3.33. The van der Waals surface area contributed by atoms with Gasteiger partial charge in [-0.25, -0.2) is 18.7 Å². The standard InChI is InChI=1S/C22H17F7N4O3S/c23-12-1-2-14(17(24)16(12)19(35)33-18(34)10-3-5-30-6-4-10)36-9-15-32-13-7-11(8-31-20(13)37-15)21(25,26)22(27,28)29/h1-2,7-8,10,30H,3-6,9H2,(H,33,34,35). The highest BCUT2D eigenvalue weighted by molar-refractivity contribution is 7.18. The summed E-state index contributed by atoms with van der Waals surface area (Å²) >= 11 is 0.788. The Morgan fingerprint density at radius 2 is 1.84 bits per heavy atom. The second-order valence-corrected chi connectivity index (χ2v) is 9.16. The quantitative estimate of drug-likeness (QED) is 0.348. The van der Waals surface area contributed by atoms with Gasteiger partial charge in [-0.3, -0.25) is 14.9 Å². The highest BCUT2D eigenvalue weighted by atomic mass is 32.1. The summed E-state index contributed by atoms with van der Waals surface area (Å²) in [5, 5.41) is 5.07. The van der Waals surface area contributed by atoms with Crippen molar-refractivity contribution in [2.24, 2.45) is 5.92 Å². The maximum Gasteiger partial charge on any atom is 0.458 e. The average Bonchev–Trinajstić information content (AvgIpc) is 3.25. The van der Waals surface area contributed by atoms with E-state index in [0.717, 1.165) is 23.5 Å². The molecule has 0 aliphatic carbocycles. The third kappa shape index (κ3) is 5.51. The Balaban J connectivity index is 1.49. The summed E-state index contributed by atoms with van der Waals surface area (Å²) in [6, 6.07) is 2.19. The van der Waals surface area contributed by atoms with Crippen molar-refractivity contribution in [1.82, 2.24) is 20.6 Å². The van der Waals surface area contributed by atoms with Gasteiger partial charge in [0, 0.05) is 12.1 Å². The fraction of sp³-hybridized carbons (Fsp3) is 0.364. The van der Waals surface area contributed by atoms with Gasteiger partial charge in [0.15, 0.2) is 11.6 Å². The van der Waals surface area contributed by atoms with Gasteiger partial charge in [-0.15, -0.1) is 0 Å². The maximum absolute atomic E-state index is 14.9. The van der Waals surface area contributed by atoms with Gasteiger partial charge in [0.25, 0.3) is 5.91 Å². The number of aromatic nitrogens is 2. The number of hydrogen-bond donors (Lipinski definition) is 2. The van der Waals surface area contributed by atoms with Crippen LogP contribution in [-0.2, 0) is 17.3 Å². The van der Waals surface area contributed by atoms with Crippen molar-refractivity contribution in [1.29, 1.82) is 0 Å². The van der Waals surface area contributed by atoms with E-state index in [9.17, 15) is 40.3 Å². The molecule has 1 aliphatic heterocycles. The van der Waals surface area contributed by atoms with Crippen molar-refractivity contribution in [3.63, 3.8) is 0 Å². The number of fused-ring (bicyclic) bond motifs is 1. The Bertz CT molecular complexity index is 1340. The van der Waals surface area contributed by atoms with Crippen LogP contribution in [0.2, 0.25) is 0 Å². The summed E-state index contributed by atoms with van der Waals surface area (Å²) < 4.78 is 99.5. The van der Waals surface area contributed by atoms with Gasteiger partial charge in [0.05, 0.1) is 5.56 Å². The van der Waals surface area contributed by atoms with Crippen molar-refractivity contribution in [3.05, 3.63) is 52.2 Å². The second kappa shape index (κ2) is 10.2. The van der Waals surface area contributed by atoms with E-state index >= 15 is 0 Å². The van der Waals surface area contributed by atoms with E-state index in [1.165, 1.54) is 0 Å². The fourth-order valence-corrected chi connectivity index (χ4v) is 4.42. The molecule has 0 radical (unpaired) electrons. The highest BCUT2D eigenvalue weighted by Crippen LogP contribution is 2.44. The number of hydrogen-bond acceptors (Lipinski definition) is 7. The zero-order valence-electron chi connectivity index (χ0n) is 18.6. The van der Waals surface area contributed by atoms with Crippen LogP contribution in [0.15, 0.2) is 24.4 Å². The Morgan fingerprint density at radius 1 is 1.14 bits per heavy atom. The van der Waals surface area contributed by atoms with Crippen LogP contribution < -0.4 is 15.4 Å².